The lowest BCUT2D eigenvalue weighted by molar-refractivity contribution is -0.122. The molecular weight excluding hydrogens is 322 g/mol. The number of anilines is 1. The highest BCUT2D eigenvalue weighted by Gasteiger charge is 2.49. The van der Waals surface area contributed by atoms with Crippen molar-refractivity contribution in [3.05, 3.63) is 48.4 Å². The third kappa shape index (κ3) is 2.63. The molecule has 0 spiro atoms. The van der Waals surface area contributed by atoms with Crippen molar-refractivity contribution in [2.45, 2.75) is 25.7 Å². The van der Waals surface area contributed by atoms with Crippen molar-refractivity contribution in [1.29, 1.82) is 0 Å². The number of amides is 2. The molecule has 1 aliphatic heterocycles. The highest BCUT2D eigenvalue weighted by atomic mass is 16.5. The van der Waals surface area contributed by atoms with Gasteiger partial charge in [0.15, 0.2) is 5.75 Å². The number of fused-ring (bicyclic) bond motifs is 1. The van der Waals surface area contributed by atoms with Gasteiger partial charge in [0.05, 0.1) is 23.8 Å². The van der Waals surface area contributed by atoms with Crippen molar-refractivity contribution in [2.24, 2.45) is 11.8 Å². The van der Waals surface area contributed by atoms with Gasteiger partial charge in [0.25, 0.3) is 0 Å². The molecule has 2 amide bonds. The average Bonchev–Trinajstić information content (AvgIpc) is 3.25. The highest BCUT2D eigenvalue weighted by molar-refractivity contribution is 6.22. The van der Waals surface area contributed by atoms with Crippen LogP contribution in [-0.4, -0.2) is 17.8 Å². The Kier molecular flexibility index (Phi) is 3.87. The van der Waals surface area contributed by atoms with Crippen LogP contribution in [0, 0.1) is 11.8 Å². The molecule has 4 rings (SSSR count). The Balaban J connectivity index is 1.66. The molecule has 25 heavy (non-hydrogen) atoms. The number of nitrogens with zero attached hydrogens (tertiary/aromatic N) is 1. The molecule has 2 aromatic rings. The van der Waals surface area contributed by atoms with Crippen LogP contribution in [0.1, 0.15) is 36.2 Å². The van der Waals surface area contributed by atoms with Crippen molar-refractivity contribution in [1.82, 2.24) is 0 Å². The van der Waals surface area contributed by atoms with Crippen molar-refractivity contribution in [2.75, 3.05) is 4.90 Å². The van der Waals surface area contributed by atoms with Crippen molar-refractivity contribution in [3.8, 4) is 5.75 Å². The van der Waals surface area contributed by atoms with Gasteiger partial charge in [-0.1, -0.05) is 25.0 Å². The van der Waals surface area contributed by atoms with Crippen LogP contribution in [0.5, 0.6) is 5.75 Å². The summed E-state index contributed by atoms with van der Waals surface area (Å²) in [7, 11) is 0. The molecule has 1 aromatic carbocycles. The molecule has 2 unspecified atom stereocenters. The van der Waals surface area contributed by atoms with E-state index in [0.29, 0.717) is 5.69 Å². The molecule has 128 valence electrons. The van der Waals surface area contributed by atoms with Gasteiger partial charge >= 0.3 is 5.97 Å². The molecule has 2 atom stereocenters. The van der Waals surface area contributed by atoms with Crippen LogP contribution >= 0.6 is 0 Å². The van der Waals surface area contributed by atoms with Crippen LogP contribution < -0.4 is 9.64 Å². The van der Waals surface area contributed by atoms with E-state index >= 15 is 0 Å². The fraction of sp³-hybridized carbons (Fsp3) is 0.316. The lowest BCUT2D eigenvalue weighted by atomic mass is 9.81. The smallest absolute Gasteiger partial charge is 0.379 e. The van der Waals surface area contributed by atoms with Crippen LogP contribution in [-0.2, 0) is 9.59 Å². The normalized spacial score (nSPS) is 22.8. The van der Waals surface area contributed by atoms with Crippen LogP contribution in [0.4, 0.5) is 5.69 Å². The summed E-state index contributed by atoms with van der Waals surface area (Å²) in [5.41, 5.74) is 0.312. The van der Waals surface area contributed by atoms with Crippen LogP contribution in [0.2, 0.25) is 0 Å². The van der Waals surface area contributed by atoms with Crippen LogP contribution in [0.25, 0.3) is 0 Å². The Morgan fingerprint density at radius 3 is 2.32 bits per heavy atom. The van der Waals surface area contributed by atoms with Crippen LogP contribution in [0.3, 0.4) is 0 Å². The Labute approximate surface area is 144 Å². The number of hydrogen-bond donors (Lipinski definition) is 0. The zero-order valence-corrected chi connectivity index (χ0v) is 13.5. The van der Waals surface area contributed by atoms with Crippen molar-refractivity contribution >= 4 is 23.5 Å². The summed E-state index contributed by atoms with van der Waals surface area (Å²) in [5.74, 6) is -1.35. The number of furan rings is 1. The lowest BCUT2D eigenvalue weighted by Gasteiger charge is -2.19. The largest absolute Gasteiger partial charge is 0.457 e. The summed E-state index contributed by atoms with van der Waals surface area (Å²) in [4.78, 5) is 38.9. The van der Waals surface area contributed by atoms with Gasteiger partial charge in [-0.25, -0.2) is 9.69 Å². The Bertz CT molecular complexity index is 802. The zero-order valence-electron chi connectivity index (χ0n) is 13.5. The molecule has 2 heterocycles. The van der Waals surface area contributed by atoms with E-state index in [1.165, 1.54) is 17.2 Å². The second kappa shape index (κ2) is 6.20. The minimum Gasteiger partial charge on any atom is -0.457 e. The minimum atomic E-state index is -0.672. The maximum Gasteiger partial charge on any atom is 0.379 e. The number of rotatable bonds is 3. The molecule has 1 saturated carbocycles. The monoisotopic (exact) mass is 339 g/mol. The summed E-state index contributed by atoms with van der Waals surface area (Å²) in [5, 5.41) is 0. The molecule has 1 aromatic heterocycles. The Hall–Kier alpha value is -2.89. The predicted molar refractivity (Wildman–Crippen MR) is 88.0 cm³/mol. The van der Waals surface area contributed by atoms with Gasteiger partial charge in [0.1, 0.15) is 0 Å². The van der Waals surface area contributed by atoms with E-state index in [1.54, 1.807) is 30.3 Å². The summed E-state index contributed by atoms with van der Waals surface area (Å²) in [6.07, 6.45) is 4.77. The van der Waals surface area contributed by atoms with E-state index in [4.69, 9.17) is 9.15 Å². The van der Waals surface area contributed by atoms with E-state index in [2.05, 4.69) is 0 Å². The topological polar surface area (TPSA) is 76.8 Å². The molecule has 0 radical (unpaired) electrons. The van der Waals surface area contributed by atoms with Crippen molar-refractivity contribution < 1.29 is 23.5 Å². The number of hydrogen-bond acceptors (Lipinski definition) is 5. The molecule has 2 fully saturated rings. The first-order valence-electron chi connectivity index (χ1n) is 8.39. The van der Waals surface area contributed by atoms with Gasteiger partial charge in [-0.15, -0.1) is 0 Å². The van der Waals surface area contributed by atoms with E-state index in [-0.39, 0.29) is 35.2 Å². The SMILES string of the molecule is O=C(Oc1ccccc1N1C(=O)C2CCCCC2C1=O)c1ccco1. The van der Waals surface area contributed by atoms with Gasteiger partial charge < -0.3 is 9.15 Å². The number of imide groups is 1. The molecule has 6 heteroatoms. The first kappa shape index (κ1) is 15.6. The molecule has 6 nitrogen and oxygen atoms in total. The van der Waals surface area contributed by atoms with Crippen LogP contribution in [0.15, 0.2) is 47.1 Å². The third-order valence-electron chi connectivity index (χ3n) is 4.87. The second-order valence-electron chi connectivity index (χ2n) is 6.34. The van der Waals surface area contributed by atoms with Gasteiger partial charge in [-0.05, 0) is 37.1 Å². The van der Waals surface area contributed by atoms with E-state index < -0.39 is 5.97 Å². The number of carbonyl (C=O) groups excluding carboxylic acids is 3. The average molecular weight is 339 g/mol. The number of benzene rings is 1. The highest BCUT2D eigenvalue weighted by Crippen LogP contribution is 2.42. The standard InChI is InChI=1S/C19H17NO5/c21-17-12-6-1-2-7-13(12)18(22)20(17)14-8-3-4-9-15(14)25-19(23)16-10-5-11-24-16/h3-5,8-13H,1-2,6-7H2. The number of para-hydroxylation sites is 2. The fourth-order valence-corrected chi connectivity index (χ4v) is 3.67. The summed E-state index contributed by atoms with van der Waals surface area (Å²) in [6.45, 7) is 0. The first-order valence-corrected chi connectivity index (χ1v) is 8.39. The molecule has 1 saturated heterocycles. The quantitative estimate of drug-likeness (QED) is 0.488. The number of esters is 1. The summed E-state index contributed by atoms with van der Waals surface area (Å²) < 4.78 is 10.4. The van der Waals surface area contributed by atoms with Gasteiger partial charge in [0, 0.05) is 0 Å². The van der Waals surface area contributed by atoms with Crippen molar-refractivity contribution in [3.63, 3.8) is 0 Å². The number of carbonyl (C=O) groups is 3. The molecule has 0 bridgehead atoms. The Morgan fingerprint density at radius 2 is 1.68 bits per heavy atom. The fourth-order valence-electron chi connectivity index (χ4n) is 3.67. The second-order valence-corrected chi connectivity index (χ2v) is 6.34. The Morgan fingerprint density at radius 1 is 1.00 bits per heavy atom. The third-order valence-corrected chi connectivity index (χ3v) is 4.87. The molecule has 1 aliphatic carbocycles. The summed E-state index contributed by atoms with van der Waals surface area (Å²) in [6, 6.07) is 9.66. The molecule has 2 aliphatic rings. The van der Waals surface area contributed by atoms with E-state index in [1.807, 2.05) is 0 Å². The predicted octanol–water partition coefficient (Wildman–Crippen LogP) is 3.18. The zero-order chi connectivity index (χ0) is 17.4. The maximum absolute atomic E-state index is 12.8. The van der Waals surface area contributed by atoms with E-state index in [0.717, 1.165) is 25.7 Å². The van der Waals surface area contributed by atoms with Gasteiger partial charge in [-0.3, -0.25) is 9.59 Å². The summed E-state index contributed by atoms with van der Waals surface area (Å²) >= 11 is 0. The maximum atomic E-state index is 12.8. The lowest BCUT2D eigenvalue weighted by Crippen LogP contribution is -2.31. The minimum absolute atomic E-state index is 0.0579. The molecule has 0 N–H and O–H groups in total. The number of ether oxygens (including phenoxy) is 1. The van der Waals surface area contributed by atoms with E-state index in [9.17, 15) is 14.4 Å². The molecular formula is C19H17NO5. The van der Waals surface area contributed by atoms with Gasteiger partial charge in [0.2, 0.25) is 17.6 Å². The first-order chi connectivity index (χ1) is 12.2. The van der Waals surface area contributed by atoms with Gasteiger partial charge in [-0.2, -0.15) is 0 Å².